The third-order valence-electron chi connectivity index (χ3n) is 2.49. The van der Waals surface area contributed by atoms with Crippen LogP contribution in [0, 0.1) is 6.92 Å². The largest absolute Gasteiger partial charge is 0.439 e. The number of thiazole rings is 1. The van der Waals surface area contributed by atoms with Crippen LogP contribution in [0.25, 0.3) is 4.96 Å². The molecular formula is C11H12N4OS2. The zero-order chi connectivity index (χ0) is 12.5. The maximum absolute atomic E-state index is 5.66. The molecule has 3 aromatic rings. The lowest BCUT2D eigenvalue weighted by atomic mass is 10.3. The minimum absolute atomic E-state index is 0.599. The molecule has 0 aliphatic heterocycles. The highest BCUT2D eigenvalue weighted by molar-refractivity contribution is 7.99. The van der Waals surface area contributed by atoms with Gasteiger partial charge in [-0.25, -0.2) is 9.97 Å². The molecule has 0 bridgehead atoms. The fourth-order valence-corrected chi connectivity index (χ4v) is 3.41. The lowest BCUT2D eigenvalue weighted by Gasteiger charge is -1.99. The van der Waals surface area contributed by atoms with E-state index in [0.717, 1.165) is 27.8 Å². The van der Waals surface area contributed by atoms with E-state index in [-0.39, 0.29) is 0 Å². The van der Waals surface area contributed by atoms with Gasteiger partial charge in [-0.05, 0) is 25.2 Å². The molecule has 0 spiro atoms. The van der Waals surface area contributed by atoms with Crippen LogP contribution < -0.4 is 5.73 Å². The third kappa shape index (κ3) is 2.05. The number of nitrogens with two attached hydrogens (primary N) is 1. The second-order valence-corrected chi connectivity index (χ2v) is 5.63. The lowest BCUT2D eigenvalue weighted by Crippen LogP contribution is -2.05. The first-order valence-corrected chi connectivity index (χ1v) is 7.22. The van der Waals surface area contributed by atoms with E-state index in [9.17, 15) is 0 Å². The molecule has 7 heteroatoms. The standard InChI is InChI=1S/C11H12N4OS2/c1-7-6-16-11(13-7)18-9-8(2-3-12)15-4-5-17-10(15)14-9/h4-6H,2-3,12H2,1H3. The number of aryl methyl sites for hydroxylation is 1. The van der Waals surface area contributed by atoms with E-state index in [1.54, 1.807) is 17.6 Å². The summed E-state index contributed by atoms with van der Waals surface area (Å²) in [5, 5.41) is 3.57. The second kappa shape index (κ2) is 4.75. The van der Waals surface area contributed by atoms with Crippen molar-refractivity contribution in [2.24, 2.45) is 5.73 Å². The molecule has 0 saturated heterocycles. The Labute approximate surface area is 112 Å². The maximum Gasteiger partial charge on any atom is 0.262 e. The Bertz CT molecular complexity index is 669. The van der Waals surface area contributed by atoms with Gasteiger partial charge in [0.2, 0.25) is 0 Å². The van der Waals surface area contributed by atoms with Gasteiger partial charge in [0.15, 0.2) is 4.96 Å². The number of nitrogens with zero attached hydrogens (tertiary/aromatic N) is 3. The van der Waals surface area contributed by atoms with Crippen LogP contribution >= 0.6 is 23.1 Å². The molecule has 0 saturated carbocycles. The van der Waals surface area contributed by atoms with Crippen LogP contribution in [0.3, 0.4) is 0 Å². The molecule has 0 unspecified atom stereocenters. The van der Waals surface area contributed by atoms with E-state index in [4.69, 9.17) is 10.2 Å². The molecular weight excluding hydrogens is 268 g/mol. The number of fused-ring (bicyclic) bond motifs is 1. The maximum atomic E-state index is 5.66. The number of rotatable bonds is 4. The molecule has 0 amide bonds. The van der Waals surface area contributed by atoms with E-state index in [1.807, 2.05) is 18.5 Å². The van der Waals surface area contributed by atoms with Gasteiger partial charge in [0.25, 0.3) is 5.22 Å². The smallest absolute Gasteiger partial charge is 0.262 e. The van der Waals surface area contributed by atoms with Gasteiger partial charge in [-0.15, -0.1) is 11.3 Å². The highest BCUT2D eigenvalue weighted by atomic mass is 32.2. The molecule has 3 aromatic heterocycles. The minimum Gasteiger partial charge on any atom is -0.439 e. The van der Waals surface area contributed by atoms with Gasteiger partial charge >= 0.3 is 0 Å². The van der Waals surface area contributed by atoms with Crippen molar-refractivity contribution < 1.29 is 4.42 Å². The van der Waals surface area contributed by atoms with Crippen LogP contribution in [0.15, 0.2) is 32.5 Å². The van der Waals surface area contributed by atoms with E-state index < -0.39 is 0 Å². The van der Waals surface area contributed by atoms with E-state index in [1.165, 1.54) is 11.8 Å². The molecule has 0 aliphatic rings. The van der Waals surface area contributed by atoms with Gasteiger partial charge in [0.1, 0.15) is 11.3 Å². The number of hydrogen-bond acceptors (Lipinski definition) is 6. The predicted molar refractivity (Wildman–Crippen MR) is 71.2 cm³/mol. The fourth-order valence-electron chi connectivity index (χ4n) is 1.72. The molecule has 0 aliphatic carbocycles. The molecule has 0 atom stereocenters. The van der Waals surface area contributed by atoms with Gasteiger partial charge in [-0.3, -0.25) is 4.40 Å². The first-order valence-electron chi connectivity index (χ1n) is 5.52. The van der Waals surface area contributed by atoms with Crippen LogP contribution in [0.5, 0.6) is 0 Å². The number of aromatic nitrogens is 3. The number of imidazole rings is 1. The normalized spacial score (nSPS) is 11.4. The molecule has 0 aromatic carbocycles. The second-order valence-electron chi connectivity index (χ2n) is 3.81. The fraction of sp³-hybridized carbons (Fsp3) is 0.273. The summed E-state index contributed by atoms with van der Waals surface area (Å²) < 4.78 is 7.43. The monoisotopic (exact) mass is 280 g/mol. The Balaban J connectivity index is 1.99. The summed E-state index contributed by atoms with van der Waals surface area (Å²) in [6.07, 6.45) is 4.45. The topological polar surface area (TPSA) is 69.3 Å². The van der Waals surface area contributed by atoms with Crippen molar-refractivity contribution in [2.45, 2.75) is 23.6 Å². The summed E-state index contributed by atoms with van der Waals surface area (Å²) in [7, 11) is 0. The Hall–Kier alpha value is -1.31. The van der Waals surface area contributed by atoms with Crippen LogP contribution in [-0.2, 0) is 6.42 Å². The predicted octanol–water partition coefficient (Wildman–Crippen LogP) is 2.34. The quantitative estimate of drug-likeness (QED) is 0.794. The van der Waals surface area contributed by atoms with E-state index in [0.29, 0.717) is 11.8 Å². The highest BCUT2D eigenvalue weighted by Gasteiger charge is 2.15. The summed E-state index contributed by atoms with van der Waals surface area (Å²) in [5.41, 5.74) is 7.65. The average molecular weight is 280 g/mol. The summed E-state index contributed by atoms with van der Waals surface area (Å²) >= 11 is 3.06. The Morgan fingerprint density at radius 2 is 2.39 bits per heavy atom. The molecule has 2 N–H and O–H groups in total. The summed E-state index contributed by atoms with van der Waals surface area (Å²) in [6.45, 7) is 2.50. The van der Waals surface area contributed by atoms with Gasteiger partial charge in [-0.1, -0.05) is 0 Å². The Morgan fingerprint density at radius 3 is 3.11 bits per heavy atom. The number of hydrogen-bond donors (Lipinski definition) is 1. The van der Waals surface area contributed by atoms with Crippen LogP contribution in [0.1, 0.15) is 11.4 Å². The van der Waals surface area contributed by atoms with E-state index in [2.05, 4.69) is 14.4 Å². The molecule has 0 fully saturated rings. The molecule has 3 heterocycles. The lowest BCUT2D eigenvalue weighted by molar-refractivity contribution is 0.453. The van der Waals surface area contributed by atoms with Gasteiger partial charge in [0.05, 0.1) is 11.4 Å². The van der Waals surface area contributed by atoms with Crippen molar-refractivity contribution in [2.75, 3.05) is 6.54 Å². The molecule has 94 valence electrons. The average Bonchev–Trinajstić information content (AvgIpc) is 3.00. The first kappa shape index (κ1) is 11.8. The summed E-state index contributed by atoms with van der Waals surface area (Å²) in [5.74, 6) is 0. The first-order chi connectivity index (χ1) is 8.78. The van der Waals surface area contributed by atoms with Crippen molar-refractivity contribution in [3.05, 3.63) is 29.2 Å². The Morgan fingerprint density at radius 1 is 1.50 bits per heavy atom. The van der Waals surface area contributed by atoms with Crippen LogP contribution in [-0.4, -0.2) is 20.9 Å². The van der Waals surface area contributed by atoms with Crippen LogP contribution in [0.2, 0.25) is 0 Å². The molecule has 3 rings (SSSR count). The van der Waals surface area contributed by atoms with Crippen molar-refractivity contribution >= 4 is 28.1 Å². The zero-order valence-corrected chi connectivity index (χ0v) is 11.4. The highest BCUT2D eigenvalue weighted by Crippen LogP contribution is 2.31. The van der Waals surface area contributed by atoms with Crippen molar-refractivity contribution in [3.63, 3.8) is 0 Å². The SMILES string of the molecule is Cc1coc(Sc2nc3sccn3c2CCN)n1. The van der Waals surface area contributed by atoms with Crippen molar-refractivity contribution in [1.29, 1.82) is 0 Å². The minimum atomic E-state index is 0.599. The zero-order valence-electron chi connectivity index (χ0n) is 9.79. The number of oxazole rings is 1. The van der Waals surface area contributed by atoms with Gasteiger partial charge < -0.3 is 10.2 Å². The van der Waals surface area contributed by atoms with E-state index >= 15 is 0 Å². The summed E-state index contributed by atoms with van der Waals surface area (Å²) in [4.78, 5) is 9.84. The summed E-state index contributed by atoms with van der Waals surface area (Å²) in [6, 6.07) is 0. The van der Waals surface area contributed by atoms with Gasteiger partial charge in [0, 0.05) is 18.0 Å². The van der Waals surface area contributed by atoms with Crippen molar-refractivity contribution in [3.8, 4) is 0 Å². The van der Waals surface area contributed by atoms with Gasteiger partial charge in [-0.2, -0.15) is 0 Å². The molecule has 18 heavy (non-hydrogen) atoms. The molecule has 5 nitrogen and oxygen atoms in total. The Kier molecular flexibility index (Phi) is 3.11. The third-order valence-corrected chi connectivity index (χ3v) is 4.13. The molecule has 0 radical (unpaired) electrons. The van der Waals surface area contributed by atoms with Crippen LogP contribution in [0.4, 0.5) is 0 Å². The van der Waals surface area contributed by atoms with Crippen molar-refractivity contribution in [1.82, 2.24) is 14.4 Å².